The van der Waals surface area contributed by atoms with Gasteiger partial charge in [-0.3, -0.25) is 4.79 Å². The summed E-state index contributed by atoms with van der Waals surface area (Å²) in [6.45, 7) is 10.2. The average Bonchev–Trinajstić information content (AvgIpc) is 2.13. The van der Waals surface area contributed by atoms with E-state index < -0.39 is 0 Å². The second-order valence-electron chi connectivity index (χ2n) is 6.12. The van der Waals surface area contributed by atoms with Crippen molar-refractivity contribution in [3.63, 3.8) is 0 Å². The van der Waals surface area contributed by atoms with Crippen LogP contribution >= 0.6 is 0 Å². The van der Waals surface area contributed by atoms with Crippen LogP contribution in [-0.2, 0) is 9.53 Å². The van der Waals surface area contributed by atoms with Crippen LogP contribution in [-0.4, -0.2) is 41.6 Å². The summed E-state index contributed by atoms with van der Waals surface area (Å²) in [5.74, 6) is 0.225. The Morgan fingerprint density at radius 3 is 2.18 bits per heavy atom. The Morgan fingerprint density at radius 2 is 1.71 bits per heavy atom. The zero-order valence-corrected chi connectivity index (χ0v) is 11.6. The molecule has 0 atom stereocenters. The number of nitrogens with two attached hydrogens (primary N) is 1. The maximum absolute atomic E-state index is 12.1. The zero-order valence-electron chi connectivity index (χ0n) is 11.6. The van der Waals surface area contributed by atoms with Gasteiger partial charge in [0.15, 0.2) is 0 Å². The number of ether oxygens (including phenoxy) is 1. The third-order valence-corrected chi connectivity index (χ3v) is 2.89. The molecule has 100 valence electrons. The molecule has 4 heteroatoms. The van der Waals surface area contributed by atoms with Gasteiger partial charge >= 0.3 is 0 Å². The molecule has 0 radical (unpaired) electrons. The van der Waals surface area contributed by atoms with Crippen LogP contribution in [0.25, 0.3) is 0 Å². The summed E-state index contributed by atoms with van der Waals surface area (Å²) in [5.41, 5.74) is 4.92. The molecule has 1 aliphatic rings. The van der Waals surface area contributed by atoms with Crippen molar-refractivity contribution >= 4 is 5.91 Å². The van der Waals surface area contributed by atoms with Crippen molar-refractivity contribution in [2.24, 2.45) is 5.73 Å². The maximum Gasteiger partial charge on any atom is 0.222 e. The molecule has 1 saturated heterocycles. The third kappa shape index (κ3) is 4.64. The first-order valence-electron chi connectivity index (χ1n) is 6.44. The fourth-order valence-corrected chi connectivity index (χ4v) is 2.54. The summed E-state index contributed by atoms with van der Waals surface area (Å²) >= 11 is 0. The molecule has 1 fully saturated rings. The molecule has 17 heavy (non-hydrogen) atoms. The lowest BCUT2D eigenvalue weighted by Gasteiger charge is -2.47. The van der Waals surface area contributed by atoms with Gasteiger partial charge in [0.25, 0.3) is 0 Å². The number of morpholine rings is 1. The second-order valence-corrected chi connectivity index (χ2v) is 6.12. The van der Waals surface area contributed by atoms with E-state index in [9.17, 15) is 4.79 Å². The molecular weight excluding hydrogens is 216 g/mol. The largest absolute Gasteiger partial charge is 0.366 e. The maximum atomic E-state index is 12.1. The molecule has 0 unspecified atom stereocenters. The van der Waals surface area contributed by atoms with Crippen molar-refractivity contribution in [3.8, 4) is 0 Å². The van der Waals surface area contributed by atoms with Crippen LogP contribution in [0.3, 0.4) is 0 Å². The van der Waals surface area contributed by atoms with E-state index in [0.717, 1.165) is 12.8 Å². The summed E-state index contributed by atoms with van der Waals surface area (Å²) in [7, 11) is 0. The predicted octanol–water partition coefficient (Wildman–Crippen LogP) is 1.53. The van der Waals surface area contributed by atoms with Gasteiger partial charge in [-0.25, -0.2) is 0 Å². The molecular formula is C13H26N2O2. The Balaban J connectivity index is 2.55. The van der Waals surface area contributed by atoms with Crippen LogP contribution in [0.1, 0.15) is 47.0 Å². The van der Waals surface area contributed by atoms with Gasteiger partial charge in [-0.2, -0.15) is 0 Å². The first kappa shape index (κ1) is 14.5. The van der Waals surface area contributed by atoms with E-state index in [4.69, 9.17) is 10.5 Å². The van der Waals surface area contributed by atoms with Gasteiger partial charge in [0.1, 0.15) is 0 Å². The molecule has 1 aliphatic heterocycles. The van der Waals surface area contributed by atoms with Crippen LogP contribution in [0.2, 0.25) is 0 Å². The number of carbonyl (C=O) groups is 1. The van der Waals surface area contributed by atoms with Crippen LogP contribution < -0.4 is 5.73 Å². The van der Waals surface area contributed by atoms with Crippen molar-refractivity contribution in [3.05, 3.63) is 0 Å². The summed E-state index contributed by atoms with van der Waals surface area (Å²) < 4.78 is 5.95. The van der Waals surface area contributed by atoms with Crippen molar-refractivity contribution in [1.29, 1.82) is 0 Å². The molecule has 2 N–H and O–H groups in total. The SMILES string of the molecule is CC1(C)CN(C(=O)CCCCN)CC(C)(C)O1. The highest BCUT2D eigenvalue weighted by atomic mass is 16.5. The van der Waals surface area contributed by atoms with E-state index in [1.165, 1.54) is 0 Å². The number of nitrogens with zero attached hydrogens (tertiary/aromatic N) is 1. The van der Waals surface area contributed by atoms with E-state index >= 15 is 0 Å². The van der Waals surface area contributed by atoms with E-state index in [2.05, 4.69) is 0 Å². The van der Waals surface area contributed by atoms with Gasteiger partial charge in [0.05, 0.1) is 11.2 Å². The van der Waals surface area contributed by atoms with Gasteiger partial charge in [-0.15, -0.1) is 0 Å². The fourth-order valence-electron chi connectivity index (χ4n) is 2.54. The smallest absolute Gasteiger partial charge is 0.222 e. The standard InChI is InChI=1S/C13H26N2O2/c1-12(2)9-15(10-13(3,4)17-12)11(16)7-5-6-8-14/h5-10,14H2,1-4H3. The molecule has 0 aromatic rings. The summed E-state index contributed by atoms with van der Waals surface area (Å²) in [6.07, 6.45) is 2.40. The Labute approximate surface area is 104 Å². The van der Waals surface area contributed by atoms with Gasteiger partial charge in [-0.05, 0) is 47.1 Å². The number of hydrogen-bond acceptors (Lipinski definition) is 3. The lowest BCUT2D eigenvalue weighted by Crippen LogP contribution is -2.58. The molecule has 1 rings (SSSR count). The minimum absolute atomic E-state index is 0.225. The normalized spacial score (nSPS) is 22.5. The lowest BCUT2D eigenvalue weighted by molar-refractivity contribution is -0.188. The molecule has 4 nitrogen and oxygen atoms in total. The highest BCUT2D eigenvalue weighted by Crippen LogP contribution is 2.28. The summed E-state index contributed by atoms with van der Waals surface area (Å²) in [5, 5.41) is 0. The second kappa shape index (κ2) is 5.36. The number of carbonyl (C=O) groups excluding carboxylic acids is 1. The van der Waals surface area contributed by atoms with Gasteiger partial charge in [-0.1, -0.05) is 0 Å². The Kier molecular flexibility index (Phi) is 4.55. The fraction of sp³-hybridized carbons (Fsp3) is 0.923. The molecule has 0 aromatic carbocycles. The topological polar surface area (TPSA) is 55.6 Å². The monoisotopic (exact) mass is 242 g/mol. The van der Waals surface area contributed by atoms with Crippen molar-refractivity contribution in [1.82, 2.24) is 4.90 Å². The first-order valence-corrected chi connectivity index (χ1v) is 6.44. The van der Waals surface area contributed by atoms with Crippen molar-refractivity contribution in [2.45, 2.75) is 58.2 Å². The molecule has 0 bridgehead atoms. The number of hydrogen-bond donors (Lipinski definition) is 1. The summed E-state index contributed by atoms with van der Waals surface area (Å²) in [4.78, 5) is 14.0. The van der Waals surface area contributed by atoms with E-state index in [0.29, 0.717) is 26.1 Å². The predicted molar refractivity (Wildman–Crippen MR) is 68.7 cm³/mol. The van der Waals surface area contributed by atoms with Gasteiger partial charge in [0.2, 0.25) is 5.91 Å². The molecule has 0 saturated carbocycles. The highest BCUT2D eigenvalue weighted by Gasteiger charge is 2.39. The number of amides is 1. The molecule has 1 heterocycles. The Hall–Kier alpha value is -0.610. The first-order chi connectivity index (χ1) is 7.76. The quantitative estimate of drug-likeness (QED) is 0.761. The van der Waals surface area contributed by atoms with Crippen molar-refractivity contribution < 1.29 is 9.53 Å². The Morgan fingerprint density at radius 1 is 1.18 bits per heavy atom. The molecule has 1 amide bonds. The number of rotatable bonds is 4. The number of unbranched alkanes of at least 4 members (excludes halogenated alkanes) is 1. The summed E-state index contributed by atoms with van der Waals surface area (Å²) in [6, 6.07) is 0. The van der Waals surface area contributed by atoms with Crippen LogP contribution in [0.4, 0.5) is 0 Å². The molecule has 0 aromatic heterocycles. The van der Waals surface area contributed by atoms with E-state index in [1.807, 2.05) is 32.6 Å². The van der Waals surface area contributed by atoms with Gasteiger partial charge < -0.3 is 15.4 Å². The van der Waals surface area contributed by atoms with Crippen LogP contribution in [0, 0.1) is 0 Å². The highest BCUT2D eigenvalue weighted by molar-refractivity contribution is 5.76. The Bertz CT molecular complexity index is 259. The van der Waals surface area contributed by atoms with E-state index in [-0.39, 0.29) is 17.1 Å². The van der Waals surface area contributed by atoms with Crippen LogP contribution in [0.5, 0.6) is 0 Å². The minimum Gasteiger partial charge on any atom is -0.366 e. The van der Waals surface area contributed by atoms with Crippen molar-refractivity contribution in [2.75, 3.05) is 19.6 Å². The van der Waals surface area contributed by atoms with E-state index in [1.54, 1.807) is 0 Å². The van der Waals surface area contributed by atoms with Gasteiger partial charge in [0, 0.05) is 19.5 Å². The minimum atomic E-state index is -0.259. The average molecular weight is 242 g/mol. The molecule has 0 aliphatic carbocycles. The third-order valence-electron chi connectivity index (χ3n) is 2.89. The zero-order chi connectivity index (χ0) is 13.1. The molecule has 0 spiro atoms. The lowest BCUT2D eigenvalue weighted by atomic mass is 9.98. The van der Waals surface area contributed by atoms with Crippen LogP contribution in [0.15, 0.2) is 0 Å².